The van der Waals surface area contributed by atoms with E-state index in [0.29, 0.717) is 6.42 Å². The van der Waals surface area contributed by atoms with E-state index >= 15 is 0 Å². The van der Waals surface area contributed by atoms with Crippen LogP contribution in [0.1, 0.15) is 19.8 Å². The maximum absolute atomic E-state index is 8.20. The molecule has 4 N–H and O–H groups in total. The lowest BCUT2D eigenvalue weighted by Crippen LogP contribution is -2.26. The van der Waals surface area contributed by atoms with E-state index in [4.69, 9.17) is 17.4 Å². The number of nitrogens with one attached hydrogen (secondary N) is 1. The van der Waals surface area contributed by atoms with Gasteiger partial charge in [0, 0.05) is 6.42 Å². The molecule has 0 aromatic heterocycles. The Morgan fingerprint density at radius 1 is 1.83 bits per heavy atom. The third-order valence-electron chi connectivity index (χ3n) is 1.44. The maximum Gasteiger partial charge on any atom is 0.139 e. The summed E-state index contributed by atoms with van der Waals surface area (Å²) in [6, 6.07) is 0.0808. The molecule has 0 fully saturated rings. The molecule has 68 valence electrons. The van der Waals surface area contributed by atoms with E-state index in [1.807, 2.05) is 6.92 Å². The van der Waals surface area contributed by atoms with Crippen molar-refractivity contribution < 1.29 is 5.21 Å². The Labute approximate surface area is 72.8 Å². The zero-order valence-corrected chi connectivity index (χ0v) is 7.25. The molecule has 0 heterocycles. The highest BCUT2D eigenvalue weighted by atomic mass is 16.4. The summed E-state index contributed by atoms with van der Waals surface area (Å²) in [6.07, 6.45) is 6.54. The van der Waals surface area contributed by atoms with Crippen molar-refractivity contribution in [3.63, 3.8) is 0 Å². The fourth-order valence-electron chi connectivity index (χ4n) is 0.697. The van der Waals surface area contributed by atoms with Gasteiger partial charge in [0.2, 0.25) is 0 Å². The van der Waals surface area contributed by atoms with Gasteiger partial charge in [0.15, 0.2) is 0 Å². The van der Waals surface area contributed by atoms with Crippen molar-refractivity contribution in [2.45, 2.75) is 25.8 Å². The van der Waals surface area contributed by atoms with Crippen LogP contribution >= 0.6 is 0 Å². The number of rotatable bonds is 5. The highest BCUT2D eigenvalue weighted by molar-refractivity contribution is 5.79. The van der Waals surface area contributed by atoms with Gasteiger partial charge in [-0.15, -0.1) is 6.42 Å². The van der Waals surface area contributed by atoms with Crippen molar-refractivity contribution in [1.29, 1.82) is 0 Å². The first-order chi connectivity index (χ1) is 5.70. The molecule has 1 atom stereocenters. The topological polar surface area (TPSA) is 70.6 Å². The van der Waals surface area contributed by atoms with Crippen LogP contribution < -0.4 is 11.1 Å². The summed E-state index contributed by atoms with van der Waals surface area (Å²) < 4.78 is 0. The van der Waals surface area contributed by atoms with Crippen molar-refractivity contribution in [3.8, 4) is 12.3 Å². The van der Waals surface area contributed by atoms with Gasteiger partial charge >= 0.3 is 0 Å². The molecule has 0 bridgehead atoms. The molecule has 4 nitrogen and oxygen atoms in total. The summed E-state index contributed by atoms with van der Waals surface area (Å²) in [4.78, 5) is 0. The zero-order chi connectivity index (χ0) is 9.40. The van der Waals surface area contributed by atoms with E-state index in [2.05, 4.69) is 16.4 Å². The molecule has 1 unspecified atom stereocenters. The molecule has 0 saturated heterocycles. The molecule has 0 aromatic rings. The first-order valence-corrected chi connectivity index (χ1v) is 3.86. The number of nitrogens with zero attached hydrogens (tertiary/aromatic N) is 1. The van der Waals surface area contributed by atoms with Gasteiger partial charge in [-0.2, -0.15) is 0 Å². The molecular formula is C8H15N3O. The summed E-state index contributed by atoms with van der Waals surface area (Å²) in [5.41, 5.74) is 5.25. The van der Waals surface area contributed by atoms with Crippen LogP contribution in [0.5, 0.6) is 0 Å². The van der Waals surface area contributed by atoms with Gasteiger partial charge < -0.3 is 16.3 Å². The Hall–Kier alpha value is -1.21. The maximum atomic E-state index is 8.20. The van der Waals surface area contributed by atoms with Crippen molar-refractivity contribution >= 4 is 5.84 Å². The van der Waals surface area contributed by atoms with Crippen LogP contribution in [0.15, 0.2) is 5.16 Å². The van der Waals surface area contributed by atoms with Gasteiger partial charge in [-0.05, 0) is 19.9 Å². The Balaban J connectivity index is 3.29. The van der Waals surface area contributed by atoms with E-state index < -0.39 is 0 Å². The minimum absolute atomic E-state index is 0.0808. The highest BCUT2D eigenvalue weighted by Gasteiger charge is 1.95. The van der Waals surface area contributed by atoms with Crippen LogP contribution in [0.2, 0.25) is 0 Å². The van der Waals surface area contributed by atoms with Crippen LogP contribution in [0.4, 0.5) is 0 Å². The van der Waals surface area contributed by atoms with Gasteiger partial charge in [-0.25, -0.2) is 0 Å². The second kappa shape index (κ2) is 6.50. The zero-order valence-electron chi connectivity index (χ0n) is 7.25. The summed E-state index contributed by atoms with van der Waals surface area (Å²) in [5, 5.41) is 14.1. The molecule has 0 aromatic carbocycles. The van der Waals surface area contributed by atoms with Gasteiger partial charge in [0.1, 0.15) is 5.84 Å². The van der Waals surface area contributed by atoms with E-state index in [-0.39, 0.29) is 11.9 Å². The van der Waals surface area contributed by atoms with Crippen molar-refractivity contribution in [2.24, 2.45) is 10.9 Å². The number of hydrogen-bond acceptors (Lipinski definition) is 3. The summed E-state index contributed by atoms with van der Waals surface area (Å²) in [7, 11) is 0. The monoisotopic (exact) mass is 169 g/mol. The third-order valence-corrected chi connectivity index (χ3v) is 1.44. The molecule has 0 rings (SSSR count). The minimum atomic E-state index is 0.0808. The Morgan fingerprint density at radius 3 is 3.00 bits per heavy atom. The molecule has 0 aliphatic heterocycles. The van der Waals surface area contributed by atoms with Crippen LogP contribution in [0.25, 0.3) is 0 Å². The third kappa shape index (κ3) is 5.57. The van der Waals surface area contributed by atoms with E-state index in [0.717, 1.165) is 13.0 Å². The molecule has 0 spiro atoms. The Morgan fingerprint density at radius 2 is 2.50 bits per heavy atom. The van der Waals surface area contributed by atoms with E-state index in [1.165, 1.54) is 0 Å². The van der Waals surface area contributed by atoms with Crippen molar-refractivity contribution in [3.05, 3.63) is 0 Å². The molecule has 0 aliphatic rings. The van der Waals surface area contributed by atoms with E-state index in [1.54, 1.807) is 0 Å². The van der Waals surface area contributed by atoms with Crippen LogP contribution in [-0.2, 0) is 0 Å². The number of amidine groups is 1. The average molecular weight is 169 g/mol. The molecule has 12 heavy (non-hydrogen) atoms. The summed E-state index contributed by atoms with van der Waals surface area (Å²) >= 11 is 0. The lowest BCUT2D eigenvalue weighted by Gasteiger charge is -2.05. The second-order valence-electron chi connectivity index (χ2n) is 2.54. The Kier molecular flexibility index (Phi) is 5.84. The Bertz CT molecular complexity index is 183. The minimum Gasteiger partial charge on any atom is -0.409 e. The van der Waals surface area contributed by atoms with Crippen LogP contribution in [0, 0.1) is 12.3 Å². The molecule has 0 amide bonds. The number of terminal acetylenes is 1. The normalized spacial score (nSPS) is 13.8. The number of oxime groups is 1. The summed E-state index contributed by atoms with van der Waals surface area (Å²) in [5.74, 6) is 2.80. The number of nitrogens with two attached hydrogens (primary N) is 1. The fraction of sp³-hybridized carbons (Fsp3) is 0.625. The molecule has 0 radical (unpaired) electrons. The van der Waals surface area contributed by atoms with Gasteiger partial charge in [-0.1, -0.05) is 11.1 Å². The first kappa shape index (κ1) is 10.8. The number of hydrogen-bond donors (Lipinski definition) is 3. The largest absolute Gasteiger partial charge is 0.409 e. The second-order valence-corrected chi connectivity index (χ2v) is 2.54. The van der Waals surface area contributed by atoms with Crippen LogP contribution in [0.3, 0.4) is 0 Å². The smallest absolute Gasteiger partial charge is 0.139 e. The molecule has 0 aliphatic carbocycles. The lowest BCUT2D eigenvalue weighted by molar-refractivity contribution is 0.316. The fourth-order valence-corrected chi connectivity index (χ4v) is 0.697. The predicted molar refractivity (Wildman–Crippen MR) is 48.9 cm³/mol. The van der Waals surface area contributed by atoms with Crippen molar-refractivity contribution in [1.82, 2.24) is 5.32 Å². The predicted octanol–water partition coefficient (Wildman–Crippen LogP) is 0.124. The SMILES string of the molecule is C#CC(C)NCCCC(N)=NO. The molecule has 0 saturated carbocycles. The molecule has 4 heteroatoms. The lowest BCUT2D eigenvalue weighted by atomic mass is 10.2. The van der Waals surface area contributed by atoms with Gasteiger partial charge in [-0.3, -0.25) is 0 Å². The summed E-state index contributed by atoms with van der Waals surface area (Å²) in [6.45, 7) is 2.69. The van der Waals surface area contributed by atoms with E-state index in [9.17, 15) is 0 Å². The molecular weight excluding hydrogens is 154 g/mol. The average Bonchev–Trinajstić information content (AvgIpc) is 2.11. The van der Waals surface area contributed by atoms with Crippen LogP contribution in [-0.4, -0.2) is 23.6 Å². The quantitative estimate of drug-likeness (QED) is 0.137. The van der Waals surface area contributed by atoms with Gasteiger partial charge in [0.05, 0.1) is 6.04 Å². The first-order valence-electron chi connectivity index (χ1n) is 3.86. The standard InChI is InChI=1S/C8H15N3O/c1-3-7(2)10-6-4-5-8(9)11-12/h1,7,10,12H,4-6H2,2H3,(H2,9,11). The highest BCUT2D eigenvalue weighted by Crippen LogP contribution is 1.87. The van der Waals surface area contributed by atoms with Crippen molar-refractivity contribution in [2.75, 3.05) is 6.54 Å². The van der Waals surface area contributed by atoms with Gasteiger partial charge in [0.25, 0.3) is 0 Å².